The number of hydrogen-bond donors (Lipinski definition) is 1. The summed E-state index contributed by atoms with van der Waals surface area (Å²) in [6.07, 6.45) is 1.58. The van der Waals surface area contributed by atoms with E-state index in [9.17, 15) is 8.42 Å². The van der Waals surface area contributed by atoms with Crippen LogP contribution in [0.2, 0.25) is 0 Å². The molecule has 4 aromatic rings. The standard InChI is InChI=1S/C28H28N2O6S/c1-33-28(14-16-34-17-15-28)22-11-7-8-20(18-22)19-35-27-30-25(21-9-3-2-4-10-21)26(36-27)23-12-5-6-13-24(23)37(29,31)32/h2-13,18H,14-17,19H2,1H3,(H2,29,31,32). The smallest absolute Gasteiger partial charge is 0.395 e. The molecule has 37 heavy (non-hydrogen) atoms. The quantitative estimate of drug-likeness (QED) is 0.352. The summed E-state index contributed by atoms with van der Waals surface area (Å²) in [5.41, 5.74) is 3.13. The molecular formula is C28H28N2O6S. The number of hydrogen-bond acceptors (Lipinski definition) is 7. The van der Waals surface area contributed by atoms with Gasteiger partial charge in [0.1, 0.15) is 12.3 Å². The average Bonchev–Trinajstić information content (AvgIpc) is 3.37. The number of rotatable bonds is 8. The maximum absolute atomic E-state index is 12.3. The van der Waals surface area contributed by atoms with Gasteiger partial charge >= 0.3 is 6.08 Å². The summed E-state index contributed by atoms with van der Waals surface area (Å²) in [4.78, 5) is 4.52. The van der Waals surface area contributed by atoms with Gasteiger partial charge in [-0.2, -0.15) is 4.98 Å². The van der Waals surface area contributed by atoms with Crippen LogP contribution in [0.25, 0.3) is 22.6 Å². The number of ether oxygens (including phenoxy) is 3. The van der Waals surface area contributed by atoms with Gasteiger partial charge in [-0.25, -0.2) is 13.6 Å². The minimum absolute atomic E-state index is 0.0241. The van der Waals surface area contributed by atoms with Crippen molar-refractivity contribution in [1.82, 2.24) is 4.98 Å². The van der Waals surface area contributed by atoms with Gasteiger partial charge < -0.3 is 18.6 Å². The zero-order valence-electron chi connectivity index (χ0n) is 20.4. The Morgan fingerprint density at radius 2 is 1.70 bits per heavy atom. The van der Waals surface area contributed by atoms with Crippen LogP contribution in [0.15, 0.2) is 88.2 Å². The zero-order valence-corrected chi connectivity index (χ0v) is 21.2. The topological polar surface area (TPSA) is 114 Å². The lowest BCUT2D eigenvalue weighted by atomic mass is 9.85. The molecule has 0 saturated carbocycles. The Hall–Kier alpha value is -3.50. The van der Waals surface area contributed by atoms with Crippen LogP contribution >= 0.6 is 0 Å². The van der Waals surface area contributed by atoms with Crippen molar-refractivity contribution in [2.45, 2.75) is 29.9 Å². The predicted octanol–water partition coefficient (Wildman–Crippen LogP) is 4.89. The lowest BCUT2D eigenvalue weighted by Gasteiger charge is -2.36. The van der Waals surface area contributed by atoms with Crippen molar-refractivity contribution >= 4 is 10.0 Å². The van der Waals surface area contributed by atoms with Gasteiger partial charge in [0.25, 0.3) is 0 Å². The Morgan fingerprint density at radius 3 is 2.43 bits per heavy atom. The summed E-state index contributed by atoms with van der Waals surface area (Å²) in [7, 11) is -2.27. The summed E-state index contributed by atoms with van der Waals surface area (Å²) in [6, 6.07) is 23.8. The molecule has 1 aliphatic heterocycles. The van der Waals surface area contributed by atoms with Crippen molar-refractivity contribution in [3.63, 3.8) is 0 Å². The van der Waals surface area contributed by atoms with Gasteiger partial charge in [-0.3, -0.25) is 0 Å². The molecule has 0 spiro atoms. The van der Waals surface area contributed by atoms with Gasteiger partial charge in [-0.1, -0.05) is 60.7 Å². The molecule has 1 aromatic heterocycles. The van der Waals surface area contributed by atoms with E-state index in [1.807, 2.05) is 42.5 Å². The number of oxazole rings is 1. The van der Waals surface area contributed by atoms with Crippen molar-refractivity contribution in [2.24, 2.45) is 5.14 Å². The van der Waals surface area contributed by atoms with Crippen LogP contribution in [0.1, 0.15) is 24.0 Å². The monoisotopic (exact) mass is 520 g/mol. The van der Waals surface area contributed by atoms with Gasteiger partial charge in [0.15, 0.2) is 5.76 Å². The molecule has 0 atom stereocenters. The van der Waals surface area contributed by atoms with Crippen molar-refractivity contribution in [2.75, 3.05) is 20.3 Å². The number of primary sulfonamides is 1. The fraction of sp³-hybridized carbons (Fsp3) is 0.250. The van der Waals surface area contributed by atoms with Crippen LogP contribution in [0.3, 0.4) is 0 Å². The van der Waals surface area contributed by atoms with Crippen LogP contribution in [-0.4, -0.2) is 33.7 Å². The zero-order chi connectivity index (χ0) is 25.9. The van der Waals surface area contributed by atoms with E-state index in [4.69, 9.17) is 23.8 Å². The summed E-state index contributed by atoms with van der Waals surface area (Å²) in [5, 5.41) is 5.48. The van der Waals surface area contributed by atoms with Crippen molar-refractivity contribution in [3.05, 3.63) is 90.0 Å². The van der Waals surface area contributed by atoms with E-state index in [-0.39, 0.29) is 28.9 Å². The van der Waals surface area contributed by atoms with Crippen LogP contribution in [-0.2, 0) is 31.7 Å². The second kappa shape index (κ2) is 10.5. The summed E-state index contributed by atoms with van der Waals surface area (Å²) >= 11 is 0. The van der Waals surface area contributed by atoms with E-state index in [1.165, 1.54) is 6.07 Å². The van der Waals surface area contributed by atoms with Crippen molar-refractivity contribution < 1.29 is 27.0 Å². The molecule has 0 radical (unpaired) electrons. The second-order valence-corrected chi connectivity index (χ2v) is 10.4. The molecule has 2 N–H and O–H groups in total. The molecule has 2 heterocycles. The van der Waals surface area contributed by atoms with E-state index in [0.717, 1.165) is 29.5 Å². The van der Waals surface area contributed by atoms with Crippen molar-refractivity contribution in [1.29, 1.82) is 0 Å². The molecule has 1 fully saturated rings. The largest absolute Gasteiger partial charge is 0.445 e. The molecule has 0 unspecified atom stereocenters. The number of methoxy groups -OCH3 is 1. The molecule has 0 bridgehead atoms. The highest BCUT2D eigenvalue weighted by Crippen LogP contribution is 2.39. The Bertz CT molecular complexity index is 1480. The Balaban J connectivity index is 1.47. The number of nitrogens with two attached hydrogens (primary N) is 1. The third kappa shape index (κ3) is 5.30. The van der Waals surface area contributed by atoms with E-state index >= 15 is 0 Å². The lowest BCUT2D eigenvalue weighted by Crippen LogP contribution is -2.35. The van der Waals surface area contributed by atoms with Crippen LogP contribution in [0.4, 0.5) is 0 Å². The van der Waals surface area contributed by atoms with E-state index in [1.54, 1.807) is 25.3 Å². The lowest BCUT2D eigenvalue weighted by molar-refractivity contribution is -0.0948. The van der Waals surface area contributed by atoms with Gasteiger partial charge in [0.05, 0.1) is 10.5 Å². The van der Waals surface area contributed by atoms with Crippen LogP contribution in [0.5, 0.6) is 6.08 Å². The highest BCUT2D eigenvalue weighted by atomic mass is 32.2. The average molecular weight is 521 g/mol. The van der Waals surface area contributed by atoms with E-state index < -0.39 is 10.0 Å². The Morgan fingerprint density at radius 1 is 0.973 bits per heavy atom. The minimum atomic E-state index is -4.00. The normalized spacial score (nSPS) is 15.4. The molecule has 1 aliphatic rings. The first-order valence-corrected chi connectivity index (χ1v) is 13.5. The number of nitrogens with zero attached hydrogens (tertiary/aromatic N) is 1. The first-order chi connectivity index (χ1) is 17.9. The predicted molar refractivity (Wildman–Crippen MR) is 138 cm³/mol. The molecule has 192 valence electrons. The highest BCUT2D eigenvalue weighted by molar-refractivity contribution is 7.89. The van der Waals surface area contributed by atoms with E-state index in [2.05, 4.69) is 17.1 Å². The molecule has 1 saturated heterocycles. The number of sulfonamides is 1. The summed E-state index contributed by atoms with van der Waals surface area (Å²) < 4.78 is 48.0. The van der Waals surface area contributed by atoms with Crippen LogP contribution < -0.4 is 9.88 Å². The van der Waals surface area contributed by atoms with Gasteiger partial charge in [0.2, 0.25) is 10.0 Å². The second-order valence-electron chi connectivity index (χ2n) is 8.86. The first kappa shape index (κ1) is 25.2. The maximum Gasteiger partial charge on any atom is 0.395 e. The van der Waals surface area contributed by atoms with Crippen molar-refractivity contribution in [3.8, 4) is 28.7 Å². The highest BCUT2D eigenvalue weighted by Gasteiger charge is 2.34. The van der Waals surface area contributed by atoms with Gasteiger partial charge in [-0.15, -0.1) is 0 Å². The molecule has 8 nitrogen and oxygen atoms in total. The maximum atomic E-state index is 12.3. The Kier molecular flexibility index (Phi) is 7.12. The molecule has 0 aliphatic carbocycles. The van der Waals surface area contributed by atoms with Crippen LogP contribution in [0, 0.1) is 0 Å². The third-order valence-electron chi connectivity index (χ3n) is 6.60. The SMILES string of the molecule is COC1(c2cccc(COc3nc(-c4ccccc4)c(-c4ccccc4S(N)(=O)=O)o3)c2)CCOCC1. The van der Waals surface area contributed by atoms with E-state index in [0.29, 0.717) is 24.5 Å². The molecular weight excluding hydrogens is 492 g/mol. The van der Waals surface area contributed by atoms with Gasteiger partial charge in [-0.05, 0) is 29.3 Å². The molecule has 5 rings (SSSR count). The summed E-state index contributed by atoms with van der Waals surface area (Å²) in [5.74, 6) is 0.264. The first-order valence-electron chi connectivity index (χ1n) is 11.9. The number of aromatic nitrogens is 1. The van der Waals surface area contributed by atoms with Gasteiger partial charge in [0, 0.05) is 44.3 Å². The third-order valence-corrected chi connectivity index (χ3v) is 7.57. The molecule has 9 heteroatoms. The Labute approximate surface area is 216 Å². The summed E-state index contributed by atoms with van der Waals surface area (Å²) in [6.45, 7) is 1.50. The molecule has 3 aromatic carbocycles. The number of benzene rings is 3. The fourth-order valence-electron chi connectivity index (χ4n) is 4.64. The molecule has 0 amide bonds. The minimum Gasteiger partial charge on any atom is -0.445 e. The fourth-order valence-corrected chi connectivity index (χ4v) is 5.38.